The van der Waals surface area contributed by atoms with Crippen molar-refractivity contribution in [3.05, 3.63) is 63.6 Å². The first-order valence-corrected chi connectivity index (χ1v) is 6.78. The lowest BCUT2D eigenvalue weighted by Crippen LogP contribution is -2.24. The number of anilines is 1. The highest BCUT2D eigenvalue weighted by Crippen LogP contribution is 2.31. The zero-order chi connectivity index (χ0) is 13.9. The van der Waals surface area contributed by atoms with E-state index in [9.17, 15) is 8.78 Å². The van der Waals surface area contributed by atoms with Crippen LogP contribution in [0.2, 0.25) is 5.02 Å². The molecule has 1 nitrogen and oxygen atoms in total. The standard InChI is InChI=1S/C14H11BrClF2N/c15-12-7-6-11(16)8-13(12)19-9-14(17,18)10-4-2-1-3-5-10/h1-8,19H,9H2. The number of benzene rings is 2. The van der Waals surface area contributed by atoms with Crippen LogP contribution < -0.4 is 5.32 Å². The van der Waals surface area contributed by atoms with E-state index < -0.39 is 12.5 Å². The lowest BCUT2D eigenvalue weighted by Gasteiger charge is -2.18. The predicted molar refractivity (Wildman–Crippen MR) is 78.0 cm³/mol. The molecule has 0 unspecified atom stereocenters. The Balaban J connectivity index is 2.12. The van der Waals surface area contributed by atoms with Crippen LogP contribution >= 0.6 is 27.5 Å². The van der Waals surface area contributed by atoms with Gasteiger partial charge in [0.1, 0.15) is 0 Å². The smallest absolute Gasteiger partial charge is 0.290 e. The average molecular weight is 347 g/mol. The molecule has 19 heavy (non-hydrogen) atoms. The minimum Gasteiger partial charge on any atom is -0.378 e. The van der Waals surface area contributed by atoms with Gasteiger partial charge in [-0.15, -0.1) is 0 Å². The van der Waals surface area contributed by atoms with Crippen molar-refractivity contribution in [1.29, 1.82) is 0 Å². The van der Waals surface area contributed by atoms with Gasteiger partial charge in [0.05, 0.1) is 12.2 Å². The summed E-state index contributed by atoms with van der Waals surface area (Å²) < 4.78 is 28.6. The first kappa shape index (κ1) is 14.3. The Hall–Kier alpha value is -1.13. The van der Waals surface area contributed by atoms with Crippen LogP contribution in [0.4, 0.5) is 14.5 Å². The Morgan fingerprint density at radius 1 is 1.11 bits per heavy atom. The summed E-state index contributed by atoms with van der Waals surface area (Å²) in [5, 5.41) is 3.21. The van der Waals surface area contributed by atoms with E-state index in [1.54, 1.807) is 36.4 Å². The second-order valence-corrected chi connectivity index (χ2v) is 5.34. The average Bonchev–Trinajstić information content (AvgIpc) is 2.41. The van der Waals surface area contributed by atoms with Gasteiger partial charge in [0, 0.05) is 15.1 Å². The molecule has 0 saturated carbocycles. The number of hydrogen-bond donors (Lipinski definition) is 1. The Morgan fingerprint density at radius 2 is 1.79 bits per heavy atom. The highest BCUT2D eigenvalue weighted by atomic mass is 79.9. The van der Waals surface area contributed by atoms with E-state index in [-0.39, 0.29) is 5.56 Å². The second-order valence-electron chi connectivity index (χ2n) is 4.05. The lowest BCUT2D eigenvalue weighted by molar-refractivity contribution is 0.0106. The van der Waals surface area contributed by atoms with Crippen molar-refractivity contribution in [2.45, 2.75) is 5.92 Å². The van der Waals surface area contributed by atoms with Crippen LogP contribution in [0.25, 0.3) is 0 Å². The molecule has 1 N–H and O–H groups in total. The van der Waals surface area contributed by atoms with E-state index in [0.29, 0.717) is 15.2 Å². The Bertz CT molecular complexity index is 561. The van der Waals surface area contributed by atoms with E-state index in [4.69, 9.17) is 11.6 Å². The molecule has 0 heterocycles. The van der Waals surface area contributed by atoms with Gasteiger partial charge in [-0.1, -0.05) is 41.9 Å². The molecule has 0 atom stereocenters. The van der Waals surface area contributed by atoms with Crippen LogP contribution in [-0.2, 0) is 5.92 Å². The summed E-state index contributed by atoms with van der Waals surface area (Å²) in [6.07, 6.45) is 0. The molecular formula is C14H11BrClF2N. The fraction of sp³-hybridized carbons (Fsp3) is 0.143. The van der Waals surface area contributed by atoms with Crippen LogP contribution in [0.15, 0.2) is 53.0 Å². The highest BCUT2D eigenvalue weighted by molar-refractivity contribution is 9.10. The molecular weight excluding hydrogens is 336 g/mol. The first-order chi connectivity index (χ1) is 8.99. The molecule has 0 amide bonds. The topological polar surface area (TPSA) is 12.0 Å². The summed E-state index contributed by atoms with van der Waals surface area (Å²) in [6.45, 7) is -0.490. The maximum absolute atomic E-state index is 14.0. The van der Waals surface area contributed by atoms with Crippen molar-refractivity contribution >= 4 is 33.2 Å². The number of hydrogen-bond acceptors (Lipinski definition) is 1. The van der Waals surface area contributed by atoms with Gasteiger partial charge in [0.15, 0.2) is 0 Å². The third-order valence-corrected chi connectivity index (χ3v) is 3.55. The molecule has 0 bridgehead atoms. The molecule has 2 aromatic rings. The maximum Gasteiger partial charge on any atom is 0.290 e. The van der Waals surface area contributed by atoms with Gasteiger partial charge in [0.25, 0.3) is 5.92 Å². The normalized spacial score (nSPS) is 11.4. The minimum atomic E-state index is -2.94. The zero-order valence-electron chi connectivity index (χ0n) is 9.84. The quantitative estimate of drug-likeness (QED) is 0.791. The fourth-order valence-electron chi connectivity index (χ4n) is 1.62. The molecule has 0 saturated heterocycles. The van der Waals surface area contributed by atoms with Crippen LogP contribution in [0, 0.1) is 0 Å². The molecule has 5 heteroatoms. The summed E-state index contributed by atoms with van der Waals surface area (Å²) in [7, 11) is 0. The fourth-order valence-corrected chi connectivity index (χ4v) is 2.18. The summed E-state index contributed by atoms with van der Waals surface area (Å²) in [5.74, 6) is -2.94. The molecule has 0 aromatic heterocycles. The molecule has 0 spiro atoms. The Morgan fingerprint density at radius 3 is 2.47 bits per heavy atom. The number of alkyl halides is 2. The van der Waals surface area contributed by atoms with E-state index in [0.717, 1.165) is 0 Å². The van der Waals surface area contributed by atoms with Crippen LogP contribution in [0.3, 0.4) is 0 Å². The van der Waals surface area contributed by atoms with E-state index in [1.165, 1.54) is 12.1 Å². The van der Waals surface area contributed by atoms with Crippen LogP contribution in [0.1, 0.15) is 5.56 Å². The van der Waals surface area contributed by atoms with E-state index in [2.05, 4.69) is 21.2 Å². The van der Waals surface area contributed by atoms with Gasteiger partial charge in [-0.2, -0.15) is 8.78 Å². The number of halogens is 4. The largest absolute Gasteiger partial charge is 0.378 e. The summed E-state index contributed by atoms with van der Waals surface area (Å²) in [6, 6.07) is 12.7. The third-order valence-electron chi connectivity index (χ3n) is 2.63. The van der Waals surface area contributed by atoms with Crippen molar-refractivity contribution in [1.82, 2.24) is 0 Å². The minimum absolute atomic E-state index is 0.0133. The van der Waals surface area contributed by atoms with Gasteiger partial charge in [-0.3, -0.25) is 0 Å². The van der Waals surface area contributed by atoms with Crippen LogP contribution in [0.5, 0.6) is 0 Å². The summed E-state index contributed by atoms with van der Waals surface area (Å²) in [4.78, 5) is 0. The Labute approximate surface area is 123 Å². The monoisotopic (exact) mass is 345 g/mol. The molecule has 0 aliphatic heterocycles. The molecule has 0 aliphatic carbocycles. The van der Waals surface area contributed by atoms with E-state index >= 15 is 0 Å². The maximum atomic E-state index is 14.0. The van der Waals surface area contributed by atoms with E-state index in [1.807, 2.05) is 0 Å². The highest BCUT2D eigenvalue weighted by Gasteiger charge is 2.31. The molecule has 0 radical (unpaired) electrons. The molecule has 0 aliphatic rings. The predicted octanol–water partition coefficient (Wildman–Crippen LogP) is 5.31. The summed E-state index contributed by atoms with van der Waals surface area (Å²) in [5.41, 5.74) is 0.531. The lowest BCUT2D eigenvalue weighted by atomic mass is 10.1. The SMILES string of the molecule is FC(F)(CNc1cc(Cl)ccc1Br)c1ccccc1. The van der Waals surface area contributed by atoms with Crippen molar-refractivity contribution < 1.29 is 8.78 Å². The van der Waals surface area contributed by atoms with Crippen molar-refractivity contribution in [3.63, 3.8) is 0 Å². The van der Waals surface area contributed by atoms with Gasteiger partial charge in [-0.05, 0) is 34.1 Å². The van der Waals surface area contributed by atoms with Crippen molar-refractivity contribution in [2.24, 2.45) is 0 Å². The number of rotatable bonds is 4. The van der Waals surface area contributed by atoms with Crippen molar-refractivity contribution in [3.8, 4) is 0 Å². The molecule has 2 aromatic carbocycles. The van der Waals surface area contributed by atoms with Crippen molar-refractivity contribution in [2.75, 3.05) is 11.9 Å². The van der Waals surface area contributed by atoms with Crippen LogP contribution in [-0.4, -0.2) is 6.54 Å². The zero-order valence-corrected chi connectivity index (χ0v) is 12.2. The molecule has 0 fully saturated rings. The molecule has 100 valence electrons. The Kier molecular flexibility index (Phi) is 4.42. The summed E-state index contributed by atoms with van der Waals surface area (Å²) >= 11 is 9.12. The van der Waals surface area contributed by atoms with Gasteiger partial charge in [-0.25, -0.2) is 0 Å². The third kappa shape index (κ3) is 3.67. The van der Waals surface area contributed by atoms with Gasteiger partial charge < -0.3 is 5.32 Å². The second kappa shape index (κ2) is 5.88. The van der Waals surface area contributed by atoms with Gasteiger partial charge >= 0.3 is 0 Å². The molecule has 2 rings (SSSR count). The first-order valence-electron chi connectivity index (χ1n) is 5.61. The number of nitrogens with one attached hydrogen (secondary N) is 1. The van der Waals surface area contributed by atoms with Gasteiger partial charge in [0.2, 0.25) is 0 Å².